The van der Waals surface area contributed by atoms with Gasteiger partial charge in [0.05, 0.1) is 5.56 Å². The molecular weight excluding hydrogens is 314 g/mol. The van der Waals surface area contributed by atoms with Crippen molar-refractivity contribution in [2.24, 2.45) is 0 Å². The van der Waals surface area contributed by atoms with Gasteiger partial charge in [-0.2, -0.15) is 0 Å². The van der Waals surface area contributed by atoms with E-state index in [1.54, 1.807) is 0 Å². The minimum atomic E-state index is -0.616. The third-order valence-corrected chi connectivity index (χ3v) is 3.34. The van der Waals surface area contributed by atoms with Crippen LogP contribution in [0.15, 0.2) is 18.2 Å². The van der Waals surface area contributed by atoms with Crippen LogP contribution >= 0.6 is 0 Å². The summed E-state index contributed by atoms with van der Waals surface area (Å²) in [7, 11) is 0. The van der Waals surface area contributed by atoms with Crippen LogP contribution in [0.3, 0.4) is 0 Å². The predicted octanol–water partition coefficient (Wildman–Crippen LogP) is 2.11. The monoisotopic (exact) mass is 337 g/mol. The van der Waals surface area contributed by atoms with E-state index in [1.165, 1.54) is 18.2 Å². The van der Waals surface area contributed by atoms with Crippen molar-refractivity contribution in [1.82, 2.24) is 10.8 Å². The number of hydrogen-bond donors (Lipinski definition) is 4. The first kappa shape index (κ1) is 18.0. The molecule has 0 spiro atoms. The Morgan fingerprint density at radius 1 is 1.33 bits per heavy atom. The Labute approximate surface area is 140 Å². The molecule has 0 saturated carbocycles. The lowest BCUT2D eigenvalue weighted by Gasteiger charge is -2.22. The predicted molar refractivity (Wildman–Crippen MR) is 87.5 cm³/mol. The summed E-state index contributed by atoms with van der Waals surface area (Å²) in [4.78, 5) is 29.0. The summed E-state index contributed by atoms with van der Waals surface area (Å²) in [5, 5.41) is 15.1. The molecule has 2 rings (SSSR count). The number of amides is 3. The first-order valence-electron chi connectivity index (χ1n) is 7.94. The van der Waals surface area contributed by atoms with Crippen molar-refractivity contribution >= 4 is 17.6 Å². The lowest BCUT2D eigenvalue weighted by Crippen LogP contribution is -2.34. The highest BCUT2D eigenvalue weighted by molar-refractivity contribution is 5.98. The third kappa shape index (κ3) is 5.39. The van der Waals surface area contributed by atoms with Gasteiger partial charge in [0.15, 0.2) is 6.29 Å². The molecule has 1 fully saturated rings. The fourth-order valence-electron chi connectivity index (χ4n) is 2.20. The van der Waals surface area contributed by atoms with E-state index in [2.05, 4.69) is 16.1 Å². The van der Waals surface area contributed by atoms with Gasteiger partial charge in [0.25, 0.3) is 5.91 Å². The molecule has 0 aliphatic carbocycles. The SMILES string of the molecule is CC(C)NC(=O)Nc1ccc(O)c(C(=O)NO[C@@H]2CCCCO2)c1. The minimum absolute atomic E-state index is 0.00634. The fourth-order valence-corrected chi connectivity index (χ4v) is 2.20. The minimum Gasteiger partial charge on any atom is -0.507 e. The molecule has 0 unspecified atom stereocenters. The van der Waals surface area contributed by atoms with Crippen LogP contribution in [0.5, 0.6) is 5.75 Å². The van der Waals surface area contributed by atoms with Crippen LogP contribution in [0.4, 0.5) is 10.5 Å². The summed E-state index contributed by atoms with van der Waals surface area (Å²) < 4.78 is 5.34. The number of carbonyl (C=O) groups is 2. The second-order valence-electron chi connectivity index (χ2n) is 5.83. The van der Waals surface area contributed by atoms with Gasteiger partial charge in [0, 0.05) is 24.8 Å². The molecule has 1 aromatic carbocycles. The molecule has 1 aliphatic rings. The Bertz CT molecular complexity index is 585. The molecule has 24 heavy (non-hydrogen) atoms. The van der Waals surface area contributed by atoms with E-state index in [0.717, 1.165) is 12.8 Å². The molecule has 1 heterocycles. The zero-order valence-electron chi connectivity index (χ0n) is 13.8. The highest BCUT2D eigenvalue weighted by Gasteiger charge is 2.18. The number of benzene rings is 1. The number of ether oxygens (including phenoxy) is 1. The van der Waals surface area contributed by atoms with Crippen LogP contribution in [0.2, 0.25) is 0 Å². The summed E-state index contributed by atoms with van der Waals surface area (Å²) in [5.74, 6) is -0.829. The van der Waals surface area contributed by atoms with E-state index in [9.17, 15) is 14.7 Å². The van der Waals surface area contributed by atoms with Crippen LogP contribution in [0.25, 0.3) is 0 Å². The quantitative estimate of drug-likeness (QED) is 0.486. The van der Waals surface area contributed by atoms with Gasteiger partial charge in [-0.3, -0.25) is 4.79 Å². The fraction of sp³-hybridized carbons (Fsp3) is 0.500. The summed E-state index contributed by atoms with van der Waals surface area (Å²) >= 11 is 0. The molecule has 0 bridgehead atoms. The maximum absolute atomic E-state index is 12.1. The van der Waals surface area contributed by atoms with E-state index in [-0.39, 0.29) is 17.4 Å². The van der Waals surface area contributed by atoms with E-state index < -0.39 is 18.2 Å². The van der Waals surface area contributed by atoms with Crippen LogP contribution in [-0.4, -0.2) is 36.0 Å². The van der Waals surface area contributed by atoms with E-state index in [4.69, 9.17) is 9.57 Å². The van der Waals surface area contributed by atoms with Crippen molar-refractivity contribution in [3.63, 3.8) is 0 Å². The number of hydroxylamine groups is 1. The smallest absolute Gasteiger partial charge is 0.319 e. The molecule has 132 valence electrons. The molecule has 0 aromatic heterocycles. The Morgan fingerprint density at radius 2 is 2.12 bits per heavy atom. The summed E-state index contributed by atoms with van der Waals surface area (Å²) in [6.45, 7) is 4.26. The molecule has 3 amide bonds. The highest BCUT2D eigenvalue weighted by Crippen LogP contribution is 2.22. The largest absolute Gasteiger partial charge is 0.507 e. The van der Waals surface area contributed by atoms with Gasteiger partial charge < -0.3 is 20.5 Å². The molecule has 8 nitrogen and oxygen atoms in total. The summed E-state index contributed by atoms with van der Waals surface area (Å²) in [6.07, 6.45) is 2.16. The van der Waals surface area contributed by atoms with Crippen LogP contribution in [0.1, 0.15) is 43.5 Å². The first-order valence-corrected chi connectivity index (χ1v) is 7.94. The zero-order chi connectivity index (χ0) is 17.5. The second kappa shape index (κ2) is 8.51. The van der Waals surface area contributed by atoms with E-state index in [0.29, 0.717) is 18.7 Å². The van der Waals surface area contributed by atoms with Crippen molar-refractivity contribution in [3.8, 4) is 5.75 Å². The van der Waals surface area contributed by atoms with Gasteiger partial charge in [-0.05, 0) is 44.9 Å². The van der Waals surface area contributed by atoms with Crippen molar-refractivity contribution in [1.29, 1.82) is 0 Å². The number of carbonyl (C=O) groups excluding carboxylic acids is 2. The van der Waals surface area contributed by atoms with Gasteiger partial charge in [0.1, 0.15) is 5.75 Å². The number of phenols is 1. The van der Waals surface area contributed by atoms with Gasteiger partial charge in [-0.25, -0.2) is 15.1 Å². The number of aromatic hydroxyl groups is 1. The standard InChI is InChI=1S/C16H23N3O5/c1-10(2)17-16(22)18-11-6-7-13(20)12(9-11)15(21)19-24-14-5-3-4-8-23-14/h6-7,9-10,14,20H,3-5,8H2,1-2H3,(H,19,21)(H2,17,18,22)/t14-/m1/s1. The Balaban J connectivity index is 1.96. The number of phenolic OH excluding ortho intramolecular Hbond substituents is 1. The number of nitrogens with one attached hydrogen (secondary N) is 3. The number of urea groups is 1. The third-order valence-electron chi connectivity index (χ3n) is 3.34. The van der Waals surface area contributed by atoms with Gasteiger partial charge >= 0.3 is 6.03 Å². The van der Waals surface area contributed by atoms with Crippen LogP contribution in [0, 0.1) is 0 Å². The molecule has 1 aliphatic heterocycles. The Hall–Kier alpha value is -2.32. The lowest BCUT2D eigenvalue weighted by atomic mass is 10.1. The summed E-state index contributed by atoms with van der Waals surface area (Å²) in [6, 6.07) is 3.78. The normalized spacial score (nSPS) is 17.4. The van der Waals surface area contributed by atoms with Crippen molar-refractivity contribution < 1.29 is 24.3 Å². The molecular formula is C16H23N3O5. The molecule has 0 radical (unpaired) electrons. The van der Waals surface area contributed by atoms with Gasteiger partial charge in [-0.15, -0.1) is 0 Å². The van der Waals surface area contributed by atoms with Crippen LogP contribution < -0.4 is 16.1 Å². The zero-order valence-corrected chi connectivity index (χ0v) is 13.8. The molecule has 1 aromatic rings. The summed E-state index contributed by atoms with van der Waals surface area (Å²) in [5.41, 5.74) is 2.64. The van der Waals surface area contributed by atoms with Crippen molar-refractivity contribution in [3.05, 3.63) is 23.8 Å². The highest BCUT2D eigenvalue weighted by atomic mass is 16.8. The molecule has 1 atom stereocenters. The van der Waals surface area contributed by atoms with E-state index >= 15 is 0 Å². The van der Waals surface area contributed by atoms with Gasteiger partial charge in [-0.1, -0.05) is 0 Å². The Morgan fingerprint density at radius 3 is 2.79 bits per heavy atom. The van der Waals surface area contributed by atoms with E-state index in [1.807, 2.05) is 13.8 Å². The van der Waals surface area contributed by atoms with Gasteiger partial charge in [0.2, 0.25) is 0 Å². The maximum atomic E-state index is 12.1. The average molecular weight is 337 g/mol. The van der Waals surface area contributed by atoms with Crippen molar-refractivity contribution in [2.75, 3.05) is 11.9 Å². The first-order chi connectivity index (χ1) is 11.5. The number of anilines is 1. The maximum Gasteiger partial charge on any atom is 0.319 e. The van der Waals surface area contributed by atoms with Crippen LogP contribution in [-0.2, 0) is 9.57 Å². The number of rotatable bonds is 5. The molecule has 8 heteroatoms. The van der Waals surface area contributed by atoms with Crippen molar-refractivity contribution in [2.45, 2.75) is 45.4 Å². The molecule has 4 N–H and O–H groups in total. The molecule has 1 saturated heterocycles. The topological polar surface area (TPSA) is 109 Å². The lowest BCUT2D eigenvalue weighted by molar-refractivity contribution is -0.186. The number of hydrogen-bond acceptors (Lipinski definition) is 5. The second-order valence-corrected chi connectivity index (χ2v) is 5.83. The Kier molecular flexibility index (Phi) is 6.39. The average Bonchev–Trinajstić information content (AvgIpc) is 2.54.